The third kappa shape index (κ3) is 2.52. The molecule has 8 heteroatoms. The Morgan fingerprint density at radius 1 is 1.19 bits per heavy atom. The number of amides is 2. The van der Waals surface area contributed by atoms with Gasteiger partial charge in [-0.1, -0.05) is 13.8 Å². The fraction of sp³-hybridized carbons (Fsp3) is 0.385. The Hall–Kier alpha value is -1.93. The van der Waals surface area contributed by atoms with Crippen LogP contribution in [0.5, 0.6) is 0 Å². The number of anilines is 1. The van der Waals surface area contributed by atoms with Crippen LogP contribution in [0.25, 0.3) is 0 Å². The molecule has 2 amide bonds. The van der Waals surface area contributed by atoms with Crippen LogP contribution in [0, 0.1) is 10.8 Å². The molecule has 0 aromatic heterocycles. The zero-order valence-corrected chi connectivity index (χ0v) is 12.5. The van der Waals surface area contributed by atoms with E-state index in [-0.39, 0.29) is 4.90 Å². The highest BCUT2D eigenvalue weighted by atomic mass is 32.2. The van der Waals surface area contributed by atoms with Gasteiger partial charge in [0.15, 0.2) is 0 Å². The number of rotatable bonds is 4. The second kappa shape index (κ2) is 4.54. The molecule has 21 heavy (non-hydrogen) atoms. The average Bonchev–Trinajstić information content (AvgIpc) is 2.93. The van der Waals surface area contributed by atoms with Crippen LogP contribution in [0.2, 0.25) is 0 Å². The minimum Gasteiger partial charge on any atom is -0.369 e. The molecule has 0 bridgehead atoms. The largest absolute Gasteiger partial charge is 0.369 e. The Balaban J connectivity index is 2.20. The molecule has 2 rings (SSSR count). The number of carbonyl (C=O) groups is 2. The number of hydrogen-bond donors (Lipinski definition) is 3. The second-order valence-corrected chi connectivity index (χ2v) is 7.42. The predicted molar refractivity (Wildman–Crippen MR) is 76.5 cm³/mol. The summed E-state index contributed by atoms with van der Waals surface area (Å²) in [7, 11) is -3.78. The number of carbonyl (C=O) groups excluding carboxylic acids is 2. The summed E-state index contributed by atoms with van der Waals surface area (Å²) in [5, 5.41) is 7.57. The first-order chi connectivity index (χ1) is 9.50. The molecule has 0 heterocycles. The van der Waals surface area contributed by atoms with Gasteiger partial charge in [-0.15, -0.1) is 0 Å². The number of nitrogens with two attached hydrogens (primary N) is 2. The topological polar surface area (TPSA) is 132 Å². The van der Waals surface area contributed by atoms with Crippen molar-refractivity contribution in [2.45, 2.75) is 25.2 Å². The van der Waals surface area contributed by atoms with Crippen molar-refractivity contribution in [2.24, 2.45) is 21.7 Å². The second-order valence-electron chi connectivity index (χ2n) is 5.85. The fourth-order valence-electron chi connectivity index (χ4n) is 2.50. The van der Waals surface area contributed by atoms with E-state index in [1.54, 1.807) is 13.8 Å². The van der Waals surface area contributed by atoms with Crippen LogP contribution < -0.4 is 16.2 Å². The van der Waals surface area contributed by atoms with Crippen LogP contribution in [0.3, 0.4) is 0 Å². The molecule has 1 atom stereocenters. The van der Waals surface area contributed by atoms with Crippen molar-refractivity contribution in [3.63, 3.8) is 0 Å². The van der Waals surface area contributed by atoms with Crippen LogP contribution >= 0.6 is 0 Å². The van der Waals surface area contributed by atoms with E-state index in [2.05, 4.69) is 5.32 Å². The standard InChI is InChI=1S/C13H17N3O4S/c1-12(2)7-13(12,10(14)17)11(18)16-8-3-5-9(6-4-8)21(15,19)20/h3-6H,7H2,1-2H3,(H2,14,17)(H,16,18)(H2,15,19,20). The van der Waals surface area contributed by atoms with E-state index >= 15 is 0 Å². The molecule has 1 saturated carbocycles. The Kier molecular flexibility index (Phi) is 3.34. The maximum Gasteiger partial charge on any atom is 0.240 e. The maximum atomic E-state index is 12.3. The molecule has 1 aromatic carbocycles. The number of primary sulfonamides is 1. The number of sulfonamides is 1. The van der Waals surface area contributed by atoms with Crippen molar-refractivity contribution in [1.29, 1.82) is 0 Å². The van der Waals surface area contributed by atoms with E-state index in [0.717, 1.165) is 0 Å². The monoisotopic (exact) mass is 311 g/mol. The summed E-state index contributed by atoms with van der Waals surface area (Å²) < 4.78 is 22.3. The lowest BCUT2D eigenvalue weighted by atomic mass is 9.94. The molecule has 1 aliphatic carbocycles. The van der Waals surface area contributed by atoms with Crippen molar-refractivity contribution in [3.8, 4) is 0 Å². The van der Waals surface area contributed by atoms with Crippen LogP contribution in [0.15, 0.2) is 29.2 Å². The summed E-state index contributed by atoms with van der Waals surface area (Å²) in [4.78, 5) is 23.8. The van der Waals surface area contributed by atoms with Gasteiger partial charge in [0.2, 0.25) is 21.8 Å². The summed E-state index contributed by atoms with van der Waals surface area (Å²) in [5.74, 6) is -1.14. The average molecular weight is 311 g/mol. The summed E-state index contributed by atoms with van der Waals surface area (Å²) in [6, 6.07) is 5.36. The fourth-order valence-corrected chi connectivity index (χ4v) is 3.02. The van der Waals surface area contributed by atoms with Crippen molar-refractivity contribution >= 4 is 27.5 Å². The lowest BCUT2D eigenvalue weighted by Crippen LogP contribution is -2.39. The summed E-state index contributed by atoms with van der Waals surface area (Å²) in [6.07, 6.45) is 0.385. The third-order valence-electron chi connectivity index (χ3n) is 3.99. The number of hydrogen-bond acceptors (Lipinski definition) is 4. The molecule has 7 nitrogen and oxygen atoms in total. The lowest BCUT2D eigenvalue weighted by Gasteiger charge is -2.16. The molecule has 5 N–H and O–H groups in total. The molecule has 114 valence electrons. The summed E-state index contributed by atoms with van der Waals surface area (Å²) in [6.45, 7) is 3.59. The predicted octanol–water partition coefficient (Wildman–Crippen LogP) is 0.174. The van der Waals surface area contributed by atoms with Gasteiger partial charge in [-0.25, -0.2) is 13.6 Å². The highest BCUT2D eigenvalue weighted by Gasteiger charge is 2.70. The summed E-state index contributed by atoms with van der Waals surface area (Å²) in [5.41, 5.74) is 4.02. The van der Waals surface area contributed by atoms with Crippen molar-refractivity contribution in [1.82, 2.24) is 0 Å². The number of benzene rings is 1. The lowest BCUT2D eigenvalue weighted by molar-refractivity contribution is -0.133. The first-order valence-electron chi connectivity index (χ1n) is 6.25. The Bertz CT molecular complexity index is 709. The quantitative estimate of drug-likeness (QED) is 0.684. The van der Waals surface area contributed by atoms with Gasteiger partial charge in [0, 0.05) is 5.69 Å². The van der Waals surface area contributed by atoms with Crippen LogP contribution in [-0.4, -0.2) is 20.2 Å². The van der Waals surface area contributed by atoms with Crippen molar-refractivity contribution in [3.05, 3.63) is 24.3 Å². The third-order valence-corrected chi connectivity index (χ3v) is 4.92. The highest BCUT2D eigenvalue weighted by Crippen LogP contribution is 2.63. The normalized spacial score (nSPS) is 23.4. The number of nitrogens with one attached hydrogen (secondary N) is 1. The van der Waals surface area contributed by atoms with Crippen LogP contribution in [0.1, 0.15) is 20.3 Å². The Labute approximate surface area is 122 Å². The highest BCUT2D eigenvalue weighted by molar-refractivity contribution is 7.89. The van der Waals surface area contributed by atoms with Gasteiger partial charge in [0.25, 0.3) is 0 Å². The molecule has 0 spiro atoms. The minimum absolute atomic E-state index is 0.0585. The molecule has 1 fully saturated rings. The molecule has 0 saturated heterocycles. The van der Waals surface area contributed by atoms with Gasteiger partial charge in [0.05, 0.1) is 4.90 Å². The first kappa shape index (κ1) is 15.5. The molecular formula is C13H17N3O4S. The van der Waals surface area contributed by atoms with Gasteiger partial charge < -0.3 is 11.1 Å². The van der Waals surface area contributed by atoms with Crippen molar-refractivity contribution in [2.75, 3.05) is 5.32 Å². The van der Waals surface area contributed by atoms with Crippen LogP contribution in [-0.2, 0) is 19.6 Å². The van der Waals surface area contributed by atoms with Gasteiger partial charge in [-0.2, -0.15) is 0 Å². The van der Waals surface area contributed by atoms with Crippen molar-refractivity contribution < 1.29 is 18.0 Å². The summed E-state index contributed by atoms with van der Waals surface area (Å²) >= 11 is 0. The van der Waals surface area contributed by atoms with E-state index in [0.29, 0.717) is 12.1 Å². The van der Waals surface area contributed by atoms with E-state index in [1.165, 1.54) is 24.3 Å². The number of primary amides is 1. The van der Waals surface area contributed by atoms with Gasteiger partial charge in [0.1, 0.15) is 5.41 Å². The molecule has 0 radical (unpaired) electrons. The zero-order valence-electron chi connectivity index (χ0n) is 11.7. The first-order valence-corrected chi connectivity index (χ1v) is 7.79. The minimum atomic E-state index is -3.78. The Morgan fingerprint density at radius 2 is 1.67 bits per heavy atom. The van der Waals surface area contributed by atoms with Gasteiger partial charge >= 0.3 is 0 Å². The SMILES string of the molecule is CC1(C)CC1(C(N)=O)C(=O)Nc1ccc(S(N)(=O)=O)cc1. The smallest absolute Gasteiger partial charge is 0.240 e. The molecular weight excluding hydrogens is 294 g/mol. The van der Waals surface area contributed by atoms with Gasteiger partial charge in [-0.3, -0.25) is 9.59 Å². The van der Waals surface area contributed by atoms with Gasteiger partial charge in [-0.05, 0) is 36.1 Å². The van der Waals surface area contributed by atoms with E-state index in [4.69, 9.17) is 10.9 Å². The molecule has 1 aliphatic rings. The van der Waals surface area contributed by atoms with E-state index in [1.807, 2.05) is 0 Å². The Morgan fingerprint density at radius 3 is 2.00 bits per heavy atom. The van der Waals surface area contributed by atoms with E-state index in [9.17, 15) is 18.0 Å². The maximum absolute atomic E-state index is 12.3. The zero-order chi connectivity index (χ0) is 16.1. The van der Waals surface area contributed by atoms with E-state index < -0.39 is 32.7 Å². The van der Waals surface area contributed by atoms with Crippen LogP contribution in [0.4, 0.5) is 5.69 Å². The molecule has 0 aliphatic heterocycles. The molecule has 1 unspecified atom stereocenters. The molecule has 1 aromatic rings.